The van der Waals surface area contributed by atoms with Gasteiger partial charge in [-0.25, -0.2) is 4.79 Å². The summed E-state index contributed by atoms with van der Waals surface area (Å²) >= 11 is 6.11. The highest BCUT2D eigenvalue weighted by Crippen LogP contribution is 2.35. The van der Waals surface area contributed by atoms with Gasteiger partial charge in [0.05, 0.1) is 5.56 Å². The molecule has 6 heteroatoms. The van der Waals surface area contributed by atoms with E-state index in [1.54, 1.807) is 42.5 Å². The number of carbonyl (C=O) groups excluding carboxylic acids is 2. The summed E-state index contributed by atoms with van der Waals surface area (Å²) in [6.45, 7) is 3.34. The molecule has 1 heterocycles. The van der Waals surface area contributed by atoms with E-state index >= 15 is 0 Å². The standard InChI is InChI=1S/C20H15ClO5/c1-2-9-24-19(22)12-25-14-7-8-15-17(11-14)26-18(20(15)23)10-13-5-3-4-6-16(13)21/h2-8,10-11H,1,9,12H2/b18-10-. The summed E-state index contributed by atoms with van der Waals surface area (Å²) in [7, 11) is 0. The minimum atomic E-state index is -0.512. The van der Waals surface area contributed by atoms with Gasteiger partial charge in [-0.2, -0.15) is 0 Å². The van der Waals surface area contributed by atoms with Crippen molar-refractivity contribution in [3.05, 3.63) is 77.0 Å². The van der Waals surface area contributed by atoms with Crippen LogP contribution in [0.3, 0.4) is 0 Å². The van der Waals surface area contributed by atoms with Gasteiger partial charge in [-0.15, -0.1) is 0 Å². The summed E-state index contributed by atoms with van der Waals surface area (Å²) in [6, 6.07) is 11.9. The maximum Gasteiger partial charge on any atom is 0.344 e. The zero-order chi connectivity index (χ0) is 18.5. The van der Waals surface area contributed by atoms with E-state index in [0.29, 0.717) is 27.6 Å². The monoisotopic (exact) mass is 370 g/mol. The Labute approximate surface area is 155 Å². The predicted octanol–water partition coefficient (Wildman–Crippen LogP) is 4.06. The largest absolute Gasteiger partial charge is 0.482 e. The third kappa shape index (κ3) is 3.95. The van der Waals surface area contributed by atoms with E-state index in [1.165, 1.54) is 6.08 Å². The van der Waals surface area contributed by atoms with Crippen LogP contribution in [0, 0.1) is 0 Å². The van der Waals surface area contributed by atoms with E-state index in [2.05, 4.69) is 6.58 Å². The van der Waals surface area contributed by atoms with Crippen molar-refractivity contribution < 1.29 is 23.8 Å². The molecule has 2 aromatic carbocycles. The molecule has 1 aliphatic heterocycles. The SMILES string of the molecule is C=CCOC(=O)COc1ccc2c(c1)O/C(=C\c1ccccc1Cl)C2=O. The Morgan fingerprint density at radius 2 is 2.04 bits per heavy atom. The molecular formula is C20H15ClO5. The van der Waals surface area contributed by atoms with Gasteiger partial charge in [0.2, 0.25) is 5.78 Å². The Morgan fingerprint density at radius 1 is 1.23 bits per heavy atom. The van der Waals surface area contributed by atoms with Crippen molar-refractivity contribution in [1.29, 1.82) is 0 Å². The molecule has 0 saturated heterocycles. The van der Waals surface area contributed by atoms with Crippen LogP contribution in [0.15, 0.2) is 60.9 Å². The van der Waals surface area contributed by atoms with Crippen molar-refractivity contribution in [2.24, 2.45) is 0 Å². The Kier molecular flexibility index (Phi) is 5.39. The van der Waals surface area contributed by atoms with Gasteiger partial charge in [0.15, 0.2) is 12.4 Å². The highest BCUT2D eigenvalue weighted by Gasteiger charge is 2.28. The molecule has 0 aromatic heterocycles. The Bertz CT molecular complexity index is 901. The third-order valence-electron chi connectivity index (χ3n) is 3.55. The van der Waals surface area contributed by atoms with Gasteiger partial charge >= 0.3 is 5.97 Å². The smallest absolute Gasteiger partial charge is 0.344 e. The minimum Gasteiger partial charge on any atom is -0.482 e. The number of fused-ring (bicyclic) bond motifs is 1. The van der Waals surface area contributed by atoms with Crippen molar-refractivity contribution in [3.8, 4) is 11.5 Å². The van der Waals surface area contributed by atoms with Crippen LogP contribution in [0.4, 0.5) is 0 Å². The summed E-state index contributed by atoms with van der Waals surface area (Å²) in [5.41, 5.74) is 1.11. The Hall–Kier alpha value is -3.05. The number of ether oxygens (including phenoxy) is 3. The quantitative estimate of drug-likeness (QED) is 0.436. The summed E-state index contributed by atoms with van der Waals surface area (Å²) < 4.78 is 15.8. The lowest BCUT2D eigenvalue weighted by Crippen LogP contribution is -2.14. The zero-order valence-electron chi connectivity index (χ0n) is 13.7. The number of halogens is 1. The molecule has 132 valence electrons. The van der Waals surface area contributed by atoms with Crippen LogP contribution < -0.4 is 9.47 Å². The zero-order valence-corrected chi connectivity index (χ0v) is 14.5. The highest BCUT2D eigenvalue weighted by atomic mass is 35.5. The molecule has 0 amide bonds. The first-order valence-electron chi connectivity index (χ1n) is 7.80. The minimum absolute atomic E-state index is 0.125. The van der Waals surface area contributed by atoms with E-state index in [9.17, 15) is 9.59 Å². The molecule has 3 rings (SSSR count). The second-order valence-corrected chi connectivity index (χ2v) is 5.79. The number of hydrogen-bond acceptors (Lipinski definition) is 5. The van der Waals surface area contributed by atoms with Gasteiger partial charge in [0, 0.05) is 11.1 Å². The average molecular weight is 371 g/mol. The summed E-state index contributed by atoms with van der Waals surface area (Å²) in [5.74, 6) is 0.186. The van der Waals surface area contributed by atoms with Crippen LogP contribution in [-0.2, 0) is 9.53 Å². The molecule has 0 atom stereocenters. The number of Topliss-reactive ketones (excluding diaryl/α,β-unsaturated/α-hetero) is 1. The lowest BCUT2D eigenvalue weighted by Gasteiger charge is -2.06. The van der Waals surface area contributed by atoms with Crippen molar-refractivity contribution in [3.63, 3.8) is 0 Å². The van der Waals surface area contributed by atoms with E-state index in [1.807, 2.05) is 6.07 Å². The van der Waals surface area contributed by atoms with Crippen LogP contribution >= 0.6 is 11.6 Å². The molecule has 0 spiro atoms. The van der Waals surface area contributed by atoms with Gasteiger partial charge in [-0.3, -0.25) is 4.79 Å². The van der Waals surface area contributed by atoms with Crippen molar-refractivity contribution in [1.82, 2.24) is 0 Å². The molecule has 0 saturated carbocycles. The molecule has 0 N–H and O–H groups in total. The van der Waals surface area contributed by atoms with Gasteiger partial charge in [-0.1, -0.05) is 42.5 Å². The van der Waals surface area contributed by atoms with Gasteiger partial charge in [0.1, 0.15) is 18.1 Å². The molecule has 1 aliphatic rings. The number of ketones is 1. The van der Waals surface area contributed by atoms with E-state index in [4.69, 9.17) is 25.8 Å². The van der Waals surface area contributed by atoms with E-state index in [-0.39, 0.29) is 24.8 Å². The molecule has 2 aromatic rings. The fourth-order valence-electron chi connectivity index (χ4n) is 2.33. The summed E-state index contributed by atoms with van der Waals surface area (Å²) in [5, 5.41) is 0.523. The Balaban J connectivity index is 1.73. The van der Waals surface area contributed by atoms with E-state index < -0.39 is 5.97 Å². The van der Waals surface area contributed by atoms with Crippen LogP contribution in [0.5, 0.6) is 11.5 Å². The lowest BCUT2D eigenvalue weighted by molar-refractivity contribution is -0.144. The molecule has 26 heavy (non-hydrogen) atoms. The first-order valence-corrected chi connectivity index (χ1v) is 8.18. The second kappa shape index (κ2) is 7.89. The maximum absolute atomic E-state index is 12.4. The van der Waals surface area contributed by atoms with Crippen LogP contribution in [0.25, 0.3) is 6.08 Å². The maximum atomic E-state index is 12.4. The Morgan fingerprint density at radius 3 is 2.81 bits per heavy atom. The number of rotatable bonds is 6. The third-order valence-corrected chi connectivity index (χ3v) is 3.90. The predicted molar refractivity (Wildman–Crippen MR) is 97.5 cm³/mol. The lowest BCUT2D eigenvalue weighted by atomic mass is 10.1. The fourth-order valence-corrected chi connectivity index (χ4v) is 2.52. The topological polar surface area (TPSA) is 61.8 Å². The van der Waals surface area contributed by atoms with Crippen molar-refractivity contribution >= 4 is 29.4 Å². The average Bonchev–Trinajstić information content (AvgIpc) is 2.95. The van der Waals surface area contributed by atoms with Crippen molar-refractivity contribution in [2.75, 3.05) is 13.2 Å². The first-order chi connectivity index (χ1) is 12.6. The molecule has 0 aliphatic carbocycles. The highest BCUT2D eigenvalue weighted by molar-refractivity contribution is 6.32. The molecule has 0 radical (unpaired) electrons. The van der Waals surface area contributed by atoms with Crippen molar-refractivity contribution in [2.45, 2.75) is 0 Å². The van der Waals surface area contributed by atoms with E-state index in [0.717, 1.165) is 0 Å². The first kappa shape index (κ1) is 17.8. The molecular weight excluding hydrogens is 356 g/mol. The number of hydrogen-bond donors (Lipinski definition) is 0. The fraction of sp³-hybridized carbons (Fsp3) is 0.100. The summed E-state index contributed by atoms with van der Waals surface area (Å²) in [6.07, 6.45) is 3.07. The summed E-state index contributed by atoms with van der Waals surface area (Å²) in [4.78, 5) is 23.9. The number of allylic oxidation sites excluding steroid dienone is 1. The second-order valence-electron chi connectivity index (χ2n) is 5.38. The molecule has 5 nitrogen and oxygen atoms in total. The molecule has 0 unspecified atom stereocenters. The van der Waals surface area contributed by atoms with Crippen LogP contribution in [-0.4, -0.2) is 25.0 Å². The molecule has 0 bridgehead atoms. The number of carbonyl (C=O) groups is 2. The van der Waals surface area contributed by atoms with Gasteiger partial charge in [-0.05, 0) is 29.8 Å². The number of benzene rings is 2. The van der Waals surface area contributed by atoms with Gasteiger partial charge in [0.25, 0.3) is 0 Å². The molecule has 0 fully saturated rings. The van der Waals surface area contributed by atoms with Crippen LogP contribution in [0.2, 0.25) is 5.02 Å². The van der Waals surface area contributed by atoms with Crippen LogP contribution in [0.1, 0.15) is 15.9 Å². The number of esters is 1. The van der Waals surface area contributed by atoms with Gasteiger partial charge < -0.3 is 14.2 Å². The normalized spacial score (nSPS) is 13.9.